The zero-order chi connectivity index (χ0) is 24.7. The van der Waals surface area contributed by atoms with Crippen LogP contribution < -0.4 is 5.43 Å². The third kappa shape index (κ3) is 4.64. The summed E-state index contributed by atoms with van der Waals surface area (Å²) in [4.78, 5) is 43.9. The smallest absolute Gasteiger partial charge is 0.422 e. The molecule has 0 radical (unpaired) electrons. The number of ether oxygens (including phenoxy) is 1. The van der Waals surface area contributed by atoms with Crippen LogP contribution >= 0.6 is 0 Å². The Balaban J connectivity index is 1.25. The number of Topliss-reactive ketones (excluding diaryl/α,β-unsaturated/α-hetero) is 1. The van der Waals surface area contributed by atoms with E-state index in [1.54, 1.807) is 9.91 Å². The molecule has 0 unspecified atom stereocenters. The number of ketones is 1. The van der Waals surface area contributed by atoms with Crippen molar-refractivity contribution in [1.29, 1.82) is 0 Å². The predicted octanol–water partition coefficient (Wildman–Crippen LogP) is 3.49. The van der Waals surface area contributed by atoms with Crippen molar-refractivity contribution in [3.8, 4) is 11.4 Å². The molecule has 1 fully saturated rings. The Morgan fingerprint density at radius 2 is 1.69 bits per heavy atom. The van der Waals surface area contributed by atoms with Gasteiger partial charge in [0, 0.05) is 55.8 Å². The normalized spacial score (nSPS) is 16.4. The standard InChI is InChI=1S/C26H29N5O4/c1-26(2,3)35-25(34)28-30-15-13-29(14-16-30)24(33)18-9-7-17(8-10-18)23-27-20-6-4-5-19-21(32)11-12-31(23)22(19)20/h4-10H,11-16H2,1-3H3,(H,28,34). The summed E-state index contributed by atoms with van der Waals surface area (Å²) in [7, 11) is 0. The van der Waals surface area contributed by atoms with E-state index >= 15 is 0 Å². The van der Waals surface area contributed by atoms with Crippen molar-refractivity contribution in [1.82, 2.24) is 24.9 Å². The van der Waals surface area contributed by atoms with Crippen molar-refractivity contribution in [3.63, 3.8) is 0 Å². The molecule has 9 nitrogen and oxygen atoms in total. The molecular weight excluding hydrogens is 446 g/mol. The van der Waals surface area contributed by atoms with E-state index in [0.29, 0.717) is 44.7 Å². The maximum Gasteiger partial charge on any atom is 0.422 e. The van der Waals surface area contributed by atoms with Crippen LogP contribution in [0.3, 0.4) is 0 Å². The number of carbonyl (C=O) groups is 3. The van der Waals surface area contributed by atoms with Gasteiger partial charge in [-0.1, -0.05) is 18.2 Å². The average molecular weight is 476 g/mol. The van der Waals surface area contributed by atoms with Crippen molar-refractivity contribution in [2.24, 2.45) is 0 Å². The molecule has 0 spiro atoms. The number of hydrazine groups is 1. The maximum absolute atomic E-state index is 13.1. The molecule has 9 heteroatoms. The van der Waals surface area contributed by atoms with Crippen molar-refractivity contribution < 1.29 is 19.1 Å². The molecule has 0 saturated carbocycles. The van der Waals surface area contributed by atoms with Gasteiger partial charge in [-0.05, 0) is 45.0 Å². The highest BCUT2D eigenvalue weighted by Gasteiger charge is 2.26. The van der Waals surface area contributed by atoms with Crippen LogP contribution in [0.25, 0.3) is 22.4 Å². The van der Waals surface area contributed by atoms with Crippen molar-refractivity contribution >= 4 is 28.8 Å². The van der Waals surface area contributed by atoms with Crippen LogP contribution in [-0.2, 0) is 11.3 Å². The molecule has 35 heavy (non-hydrogen) atoms. The third-order valence-corrected chi connectivity index (χ3v) is 6.23. The van der Waals surface area contributed by atoms with E-state index in [1.165, 1.54) is 0 Å². The highest BCUT2D eigenvalue weighted by molar-refractivity contribution is 6.08. The lowest BCUT2D eigenvalue weighted by Gasteiger charge is -2.35. The zero-order valence-electron chi connectivity index (χ0n) is 20.2. The van der Waals surface area contributed by atoms with Gasteiger partial charge in [0.25, 0.3) is 5.91 Å². The summed E-state index contributed by atoms with van der Waals surface area (Å²) in [6, 6.07) is 13.1. The first-order chi connectivity index (χ1) is 16.7. The van der Waals surface area contributed by atoms with Crippen LogP contribution in [0.5, 0.6) is 0 Å². The number of para-hydroxylation sites is 1. The van der Waals surface area contributed by atoms with Crippen LogP contribution in [-0.4, -0.2) is 69.0 Å². The average Bonchev–Trinajstić information content (AvgIpc) is 3.20. The number of benzene rings is 2. The lowest BCUT2D eigenvalue weighted by Crippen LogP contribution is -2.55. The minimum atomic E-state index is -0.561. The van der Waals surface area contributed by atoms with Gasteiger partial charge in [0.05, 0.1) is 11.0 Å². The van der Waals surface area contributed by atoms with Gasteiger partial charge in [0.15, 0.2) is 5.78 Å². The summed E-state index contributed by atoms with van der Waals surface area (Å²) < 4.78 is 7.38. The second-order valence-corrected chi connectivity index (χ2v) is 9.90. The Hall–Kier alpha value is -3.72. The molecule has 1 saturated heterocycles. The lowest BCUT2D eigenvalue weighted by atomic mass is 10.0. The van der Waals surface area contributed by atoms with Crippen LogP contribution in [0.4, 0.5) is 4.79 Å². The number of piperazine rings is 1. The van der Waals surface area contributed by atoms with Gasteiger partial charge in [-0.2, -0.15) is 0 Å². The number of aryl methyl sites for hydroxylation is 1. The van der Waals surface area contributed by atoms with Crippen LogP contribution in [0, 0.1) is 0 Å². The molecule has 1 aromatic heterocycles. The summed E-state index contributed by atoms with van der Waals surface area (Å²) in [6.07, 6.45) is -0.0316. The molecule has 3 heterocycles. The minimum absolute atomic E-state index is 0.0454. The van der Waals surface area contributed by atoms with Crippen LogP contribution in [0.1, 0.15) is 47.9 Å². The topological polar surface area (TPSA) is 96.8 Å². The van der Waals surface area contributed by atoms with Gasteiger partial charge in [-0.15, -0.1) is 0 Å². The molecular formula is C26H29N5O4. The first-order valence-electron chi connectivity index (χ1n) is 11.9. The SMILES string of the molecule is CC(C)(C)OC(=O)NN1CCN(C(=O)c2ccc(-c3nc4cccc5c4n3CCC5=O)cc2)CC1. The Labute approximate surface area is 203 Å². The second-order valence-electron chi connectivity index (χ2n) is 9.90. The van der Waals surface area contributed by atoms with Gasteiger partial charge in [-0.3, -0.25) is 15.0 Å². The molecule has 3 aromatic rings. The Kier molecular flexibility index (Phi) is 5.80. The summed E-state index contributed by atoms with van der Waals surface area (Å²) in [5, 5.41) is 1.77. The molecule has 0 bridgehead atoms. The first kappa shape index (κ1) is 23.0. The third-order valence-electron chi connectivity index (χ3n) is 6.23. The number of nitrogens with one attached hydrogen (secondary N) is 1. The second kappa shape index (κ2) is 8.81. The van der Waals surface area contributed by atoms with E-state index in [4.69, 9.17) is 9.72 Å². The van der Waals surface area contributed by atoms with Crippen molar-refractivity contribution in [3.05, 3.63) is 53.6 Å². The molecule has 1 N–H and O–H groups in total. The Morgan fingerprint density at radius 1 is 0.971 bits per heavy atom. The lowest BCUT2D eigenvalue weighted by molar-refractivity contribution is 0.0221. The highest BCUT2D eigenvalue weighted by atomic mass is 16.6. The quantitative estimate of drug-likeness (QED) is 0.623. The highest BCUT2D eigenvalue weighted by Crippen LogP contribution is 2.31. The first-order valence-corrected chi connectivity index (χ1v) is 11.9. The number of carbonyl (C=O) groups excluding carboxylic acids is 3. The Bertz CT molecular complexity index is 1300. The van der Waals surface area contributed by atoms with Crippen molar-refractivity contribution in [2.45, 2.75) is 39.3 Å². The number of rotatable bonds is 3. The number of aromatic nitrogens is 2. The van der Waals surface area contributed by atoms with E-state index < -0.39 is 11.7 Å². The van der Waals surface area contributed by atoms with Gasteiger partial charge in [0.2, 0.25) is 0 Å². The van der Waals surface area contributed by atoms with E-state index in [2.05, 4.69) is 9.99 Å². The summed E-state index contributed by atoms with van der Waals surface area (Å²) in [6.45, 7) is 8.10. The molecule has 2 aliphatic heterocycles. The number of hydrogen-bond acceptors (Lipinski definition) is 6. The molecule has 182 valence electrons. The van der Waals surface area contributed by atoms with E-state index in [1.807, 2.05) is 63.2 Å². The summed E-state index contributed by atoms with van der Waals surface area (Å²) >= 11 is 0. The molecule has 2 aromatic carbocycles. The van der Waals surface area contributed by atoms with Crippen molar-refractivity contribution in [2.75, 3.05) is 26.2 Å². The van der Waals surface area contributed by atoms with E-state index in [-0.39, 0.29) is 11.7 Å². The number of amides is 2. The minimum Gasteiger partial charge on any atom is -0.443 e. The fourth-order valence-corrected chi connectivity index (χ4v) is 4.59. The summed E-state index contributed by atoms with van der Waals surface area (Å²) in [5.41, 5.74) is 6.10. The number of hydrogen-bond donors (Lipinski definition) is 1. The molecule has 2 amide bonds. The molecule has 5 rings (SSSR count). The fourth-order valence-electron chi connectivity index (χ4n) is 4.59. The number of nitrogens with zero attached hydrogens (tertiary/aromatic N) is 4. The Morgan fingerprint density at radius 3 is 2.37 bits per heavy atom. The van der Waals surface area contributed by atoms with E-state index in [9.17, 15) is 14.4 Å². The van der Waals surface area contributed by atoms with Gasteiger partial charge in [0.1, 0.15) is 11.4 Å². The fraction of sp³-hybridized carbons (Fsp3) is 0.385. The number of imidazole rings is 1. The molecule has 0 atom stereocenters. The molecule has 2 aliphatic rings. The maximum atomic E-state index is 13.1. The molecule has 0 aliphatic carbocycles. The monoisotopic (exact) mass is 475 g/mol. The van der Waals surface area contributed by atoms with Gasteiger partial charge in [-0.25, -0.2) is 14.8 Å². The largest absolute Gasteiger partial charge is 0.443 e. The van der Waals surface area contributed by atoms with Gasteiger partial charge < -0.3 is 14.2 Å². The van der Waals surface area contributed by atoms with Gasteiger partial charge >= 0.3 is 6.09 Å². The van der Waals surface area contributed by atoms with Crippen LogP contribution in [0.15, 0.2) is 42.5 Å². The predicted molar refractivity (Wildman–Crippen MR) is 131 cm³/mol. The zero-order valence-corrected chi connectivity index (χ0v) is 20.2. The van der Waals surface area contributed by atoms with Crippen LogP contribution in [0.2, 0.25) is 0 Å². The van der Waals surface area contributed by atoms with E-state index in [0.717, 1.165) is 28.0 Å². The summed E-state index contributed by atoms with van der Waals surface area (Å²) in [5.74, 6) is 0.911.